The maximum Gasteiger partial charge on any atom is 0.116 e. The van der Waals surface area contributed by atoms with Gasteiger partial charge in [0.2, 0.25) is 0 Å². The van der Waals surface area contributed by atoms with Crippen molar-refractivity contribution in [1.82, 2.24) is 5.32 Å². The highest BCUT2D eigenvalue weighted by Gasteiger charge is 1.95. The third-order valence-electron chi connectivity index (χ3n) is 2.48. The minimum absolute atomic E-state index is 0.309. The zero-order valence-electron chi connectivity index (χ0n) is 9.27. The first-order valence-electron chi connectivity index (χ1n) is 5.33. The average molecular weight is 213 g/mol. The van der Waals surface area contributed by atoms with Gasteiger partial charge in [0.15, 0.2) is 0 Å². The van der Waals surface area contributed by atoms with Gasteiger partial charge in [0.25, 0.3) is 0 Å². The van der Waals surface area contributed by atoms with Gasteiger partial charge in [0.1, 0.15) is 5.75 Å². The van der Waals surface area contributed by atoms with Gasteiger partial charge in [-0.05, 0) is 41.6 Å². The number of phenols is 1. The Morgan fingerprint density at radius 3 is 2.75 bits per heavy atom. The lowest BCUT2D eigenvalue weighted by atomic mass is 10.1. The van der Waals surface area contributed by atoms with Gasteiger partial charge in [-0.15, -0.1) is 0 Å². The summed E-state index contributed by atoms with van der Waals surface area (Å²) in [7, 11) is 1.92. The lowest BCUT2D eigenvalue weighted by molar-refractivity contribution is 0.476. The van der Waals surface area contributed by atoms with Gasteiger partial charge in [-0.25, -0.2) is 0 Å². The molecule has 0 aliphatic heterocycles. The van der Waals surface area contributed by atoms with E-state index in [0.29, 0.717) is 5.75 Å². The number of rotatable bonds is 3. The molecular weight excluding hydrogens is 198 g/mol. The number of aromatic hydroxyl groups is 1. The van der Waals surface area contributed by atoms with Crippen LogP contribution in [0.2, 0.25) is 0 Å². The maximum absolute atomic E-state index is 9.41. The number of fused-ring (bicyclic) bond motifs is 1. The van der Waals surface area contributed by atoms with Crippen molar-refractivity contribution >= 4 is 16.8 Å². The molecule has 0 heterocycles. The Labute approximate surface area is 95.2 Å². The third kappa shape index (κ3) is 2.41. The maximum atomic E-state index is 9.41. The summed E-state index contributed by atoms with van der Waals surface area (Å²) < 4.78 is 0. The molecule has 0 aromatic heterocycles. The van der Waals surface area contributed by atoms with E-state index in [2.05, 4.69) is 35.7 Å². The van der Waals surface area contributed by atoms with Gasteiger partial charge in [0, 0.05) is 6.54 Å². The topological polar surface area (TPSA) is 32.3 Å². The Hall–Kier alpha value is -1.80. The van der Waals surface area contributed by atoms with Gasteiger partial charge in [-0.1, -0.05) is 30.4 Å². The lowest BCUT2D eigenvalue weighted by Gasteiger charge is -2.00. The van der Waals surface area contributed by atoms with Crippen molar-refractivity contribution in [2.75, 3.05) is 13.6 Å². The van der Waals surface area contributed by atoms with E-state index in [1.807, 2.05) is 13.1 Å². The van der Waals surface area contributed by atoms with Crippen molar-refractivity contribution in [2.45, 2.75) is 0 Å². The number of phenolic OH excluding ortho intramolecular Hbond substituents is 1. The van der Waals surface area contributed by atoms with Crippen molar-refractivity contribution in [2.24, 2.45) is 0 Å². The zero-order chi connectivity index (χ0) is 11.4. The van der Waals surface area contributed by atoms with Gasteiger partial charge < -0.3 is 10.4 Å². The van der Waals surface area contributed by atoms with E-state index in [0.717, 1.165) is 22.9 Å². The fourth-order valence-electron chi connectivity index (χ4n) is 1.67. The molecule has 0 bridgehead atoms. The Balaban J connectivity index is 2.35. The molecule has 0 atom stereocenters. The predicted molar refractivity (Wildman–Crippen MR) is 68.6 cm³/mol. The first-order chi connectivity index (χ1) is 7.79. The molecule has 0 fully saturated rings. The summed E-state index contributed by atoms with van der Waals surface area (Å²) >= 11 is 0. The first-order valence-corrected chi connectivity index (χ1v) is 5.33. The summed E-state index contributed by atoms with van der Waals surface area (Å²) in [5.74, 6) is 0.309. The van der Waals surface area contributed by atoms with E-state index < -0.39 is 0 Å². The molecule has 16 heavy (non-hydrogen) atoms. The standard InChI is InChI=1S/C14H15NO/c1-15-8-2-3-11-4-5-12-6-7-14(16)10-13(12)9-11/h2-7,9-10,15-16H,8H2,1H3. The molecular formula is C14H15NO. The second-order valence-electron chi connectivity index (χ2n) is 3.75. The number of likely N-dealkylation sites (N-methyl/N-ethyl adjacent to an activating group) is 1. The summed E-state index contributed by atoms with van der Waals surface area (Å²) in [6.07, 6.45) is 4.14. The van der Waals surface area contributed by atoms with Gasteiger partial charge in [0.05, 0.1) is 0 Å². The molecule has 0 aliphatic rings. The molecule has 82 valence electrons. The van der Waals surface area contributed by atoms with Crippen molar-refractivity contribution < 1.29 is 5.11 Å². The summed E-state index contributed by atoms with van der Waals surface area (Å²) in [6, 6.07) is 11.6. The normalized spacial score (nSPS) is 11.3. The van der Waals surface area contributed by atoms with E-state index in [9.17, 15) is 5.11 Å². The molecule has 0 spiro atoms. The highest BCUT2D eigenvalue weighted by Crippen LogP contribution is 2.21. The van der Waals surface area contributed by atoms with Crippen LogP contribution in [0.1, 0.15) is 5.56 Å². The Morgan fingerprint density at radius 2 is 1.94 bits per heavy atom. The van der Waals surface area contributed by atoms with Crippen LogP contribution in [-0.2, 0) is 0 Å². The zero-order valence-corrected chi connectivity index (χ0v) is 9.27. The van der Waals surface area contributed by atoms with Crippen LogP contribution in [0.25, 0.3) is 16.8 Å². The third-order valence-corrected chi connectivity index (χ3v) is 2.48. The number of nitrogens with one attached hydrogen (secondary N) is 1. The van der Waals surface area contributed by atoms with Gasteiger partial charge in [-0.2, -0.15) is 0 Å². The lowest BCUT2D eigenvalue weighted by Crippen LogP contribution is -2.03. The number of hydrogen-bond acceptors (Lipinski definition) is 2. The van der Waals surface area contributed by atoms with Crippen LogP contribution in [0.4, 0.5) is 0 Å². The molecule has 2 nitrogen and oxygen atoms in total. The highest BCUT2D eigenvalue weighted by atomic mass is 16.3. The fraction of sp³-hybridized carbons (Fsp3) is 0.143. The SMILES string of the molecule is CNCC=Cc1ccc2ccc(O)cc2c1. The number of benzene rings is 2. The average Bonchev–Trinajstić information content (AvgIpc) is 2.29. The van der Waals surface area contributed by atoms with Gasteiger partial charge >= 0.3 is 0 Å². The second-order valence-corrected chi connectivity index (χ2v) is 3.75. The smallest absolute Gasteiger partial charge is 0.116 e. The molecule has 2 aromatic rings. The van der Waals surface area contributed by atoms with E-state index in [1.54, 1.807) is 12.1 Å². The predicted octanol–water partition coefficient (Wildman–Crippen LogP) is 2.78. The molecule has 0 aliphatic carbocycles. The summed E-state index contributed by atoms with van der Waals surface area (Å²) in [5.41, 5.74) is 1.15. The van der Waals surface area contributed by atoms with Crippen LogP contribution in [0.5, 0.6) is 5.75 Å². The van der Waals surface area contributed by atoms with Crippen LogP contribution >= 0.6 is 0 Å². The minimum Gasteiger partial charge on any atom is -0.508 e. The molecule has 0 saturated carbocycles. The first kappa shape index (κ1) is 10.7. The molecule has 0 unspecified atom stereocenters. The molecule has 0 amide bonds. The van der Waals surface area contributed by atoms with E-state index in [4.69, 9.17) is 0 Å². The Morgan fingerprint density at radius 1 is 1.12 bits per heavy atom. The summed E-state index contributed by atoms with van der Waals surface area (Å²) in [5, 5.41) is 14.7. The minimum atomic E-state index is 0.309. The van der Waals surface area contributed by atoms with E-state index in [1.165, 1.54) is 0 Å². The van der Waals surface area contributed by atoms with Gasteiger partial charge in [-0.3, -0.25) is 0 Å². The van der Waals surface area contributed by atoms with Crippen molar-refractivity contribution in [3.8, 4) is 5.75 Å². The van der Waals surface area contributed by atoms with Crippen LogP contribution in [0.3, 0.4) is 0 Å². The van der Waals surface area contributed by atoms with E-state index >= 15 is 0 Å². The van der Waals surface area contributed by atoms with Crippen molar-refractivity contribution in [1.29, 1.82) is 0 Å². The molecule has 2 rings (SSSR count). The molecule has 0 radical (unpaired) electrons. The Kier molecular flexibility index (Phi) is 3.22. The second kappa shape index (κ2) is 4.81. The van der Waals surface area contributed by atoms with Crippen LogP contribution in [0, 0.1) is 0 Å². The quantitative estimate of drug-likeness (QED) is 0.821. The number of hydrogen-bond donors (Lipinski definition) is 2. The van der Waals surface area contributed by atoms with Crippen LogP contribution in [0.15, 0.2) is 42.5 Å². The molecule has 2 N–H and O–H groups in total. The monoisotopic (exact) mass is 213 g/mol. The van der Waals surface area contributed by atoms with Crippen molar-refractivity contribution in [3.63, 3.8) is 0 Å². The van der Waals surface area contributed by atoms with E-state index in [-0.39, 0.29) is 0 Å². The highest BCUT2D eigenvalue weighted by molar-refractivity contribution is 5.85. The molecule has 2 aromatic carbocycles. The summed E-state index contributed by atoms with van der Waals surface area (Å²) in [6.45, 7) is 0.859. The Bertz CT molecular complexity index is 517. The van der Waals surface area contributed by atoms with Crippen molar-refractivity contribution in [3.05, 3.63) is 48.0 Å². The largest absolute Gasteiger partial charge is 0.508 e. The molecule has 2 heteroatoms. The summed E-state index contributed by atoms with van der Waals surface area (Å²) in [4.78, 5) is 0. The molecule has 0 saturated heterocycles. The van der Waals surface area contributed by atoms with Crippen LogP contribution in [-0.4, -0.2) is 18.7 Å². The van der Waals surface area contributed by atoms with Crippen LogP contribution < -0.4 is 5.32 Å². The fourth-order valence-corrected chi connectivity index (χ4v) is 1.67.